The van der Waals surface area contributed by atoms with Crippen LogP contribution in [0.2, 0.25) is 0 Å². The Morgan fingerprint density at radius 2 is 2.13 bits per heavy atom. The Labute approximate surface area is 181 Å². The molecule has 0 fully saturated rings. The van der Waals surface area contributed by atoms with Gasteiger partial charge in [0.1, 0.15) is 11.9 Å². The number of nitriles is 1. The largest absolute Gasteiger partial charge is 0.366 e. The fourth-order valence-electron chi connectivity index (χ4n) is 3.89. The van der Waals surface area contributed by atoms with Crippen LogP contribution >= 0.6 is 0 Å². The number of amides is 1. The number of nitrogens with one attached hydrogen (secondary N) is 2. The topological polar surface area (TPSA) is 98.9 Å². The number of benzene rings is 1. The van der Waals surface area contributed by atoms with Gasteiger partial charge in [0.2, 0.25) is 5.91 Å². The van der Waals surface area contributed by atoms with Gasteiger partial charge in [-0.15, -0.1) is 0 Å². The minimum Gasteiger partial charge on any atom is -0.366 e. The van der Waals surface area contributed by atoms with Gasteiger partial charge in [-0.25, -0.2) is 4.98 Å². The second-order valence-corrected chi connectivity index (χ2v) is 7.72. The lowest BCUT2D eigenvalue weighted by Gasteiger charge is -2.35. The molecule has 3 aromatic rings. The van der Waals surface area contributed by atoms with E-state index in [9.17, 15) is 4.79 Å². The van der Waals surface area contributed by atoms with E-state index in [1.54, 1.807) is 6.07 Å². The van der Waals surface area contributed by atoms with E-state index in [4.69, 9.17) is 5.26 Å². The number of hydrogen-bond acceptors (Lipinski definition) is 6. The second kappa shape index (κ2) is 8.48. The number of aryl methyl sites for hydroxylation is 1. The van der Waals surface area contributed by atoms with Gasteiger partial charge in [0.15, 0.2) is 0 Å². The van der Waals surface area contributed by atoms with E-state index >= 15 is 0 Å². The number of nitrogens with zero attached hydrogens (tertiary/aromatic N) is 5. The van der Waals surface area contributed by atoms with Gasteiger partial charge in [-0.2, -0.15) is 10.4 Å². The van der Waals surface area contributed by atoms with Crippen LogP contribution in [0.3, 0.4) is 0 Å². The Kier molecular flexibility index (Phi) is 5.58. The molecule has 8 nitrogen and oxygen atoms in total. The molecule has 0 unspecified atom stereocenters. The van der Waals surface area contributed by atoms with Gasteiger partial charge in [-0.1, -0.05) is 19.1 Å². The Balaban J connectivity index is 1.46. The van der Waals surface area contributed by atoms with Crippen LogP contribution in [-0.4, -0.2) is 33.8 Å². The minimum absolute atomic E-state index is 0.0100. The van der Waals surface area contributed by atoms with Gasteiger partial charge < -0.3 is 15.5 Å². The number of fused-ring (bicyclic) bond motifs is 1. The monoisotopic (exact) mass is 415 g/mol. The standard InChI is InChI=1S/C23H25N7O/c1-4-19-23(31)28-22-15(2)27-21(9-20(22)29(19)3)25-11-18-12-26-30(14-18)13-17-7-5-6-16(8-17)10-24/h5-9,12,14,19H,4,11,13H2,1-3H3,(H,25,27)(H,28,31)/t19-/m0/s1. The van der Waals surface area contributed by atoms with E-state index in [0.29, 0.717) is 18.7 Å². The van der Waals surface area contributed by atoms with Gasteiger partial charge >= 0.3 is 0 Å². The molecule has 31 heavy (non-hydrogen) atoms. The molecule has 8 heteroatoms. The maximum absolute atomic E-state index is 12.3. The van der Waals surface area contributed by atoms with Gasteiger partial charge in [0.05, 0.1) is 41.4 Å². The number of carbonyl (C=O) groups is 1. The quantitative estimate of drug-likeness (QED) is 0.641. The highest BCUT2D eigenvalue weighted by Gasteiger charge is 2.30. The number of likely N-dealkylation sites (N-methyl/N-ethyl adjacent to an activating group) is 1. The predicted octanol–water partition coefficient (Wildman–Crippen LogP) is 3.29. The Bertz CT molecular complexity index is 1160. The number of pyridine rings is 1. The summed E-state index contributed by atoms with van der Waals surface area (Å²) in [6.45, 7) is 5.09. The SMILES string of the molecule is CC[C@H]1C(=O)Nc2c(cc(NCc3cnn(Cc4cccc(C#N)c4)c3)nc2C)N1C. The molecule has 2 N–H and O–H groups in total. The Hall–Kier alpha value is -3.86. The molecule has 0 saturated carbocycles. The maximum atomic E-state index is 12.3. The molecule has 1 aliphatic heterocycles. The van der Waals surface area contributed by atoms with Gasteiger partial charge in [-0.05, 0) is 31.0 Å². The molecular weight excluding hydrogens is 390 g/mol. The van der Waals surface area contributed by atoms with Crippen molar-refractivity contribution in [3.63, 3.8) is 0 Å². The highest BCUT2D eigenvalue weighted by molar-refractivity contribution is 6.04. The fraction of sp³-hybridized carbons (Fsp3) is 0.304. The van der Waals surface area contributed by atoms with Crippen LogP contribution in [0.5, 0.6) is 0 Å². The van der Waals surface area contributed by atoms with Crippen LogP contribution < -0.4 is 15.5 Å². The molecule has 1 aromatic carbocycles. The van der Waals surface area contributed by atoms with Crippen LogP contribution in [-0.2, 0) is 17.9 Å². The zero-order valence-corrected chi connectivity index (χ0v) is 17.9. The summed E-state index contributed by atoms with van der Waals surface area (Å²) >= 11 is 0. The second-order valence-electron chi connectivity index (χ2n) is 7.72. The van der Waals surface area contributed by atoms with E-state index in [-0.39, 0.29) is 11.9 Å². The molecule has 0 bridgehead atoms. The molecule has 1 aliphatic rings. The van der Waals surface area contributed by atoms with Crippen molar-refractivity contribution in [2.45, 2.75) is 39.4 Å². The lowest BCUT2D eigenvalue weighted by atomic mass is 10.1. The first-order valence-corrected chi connectivity index (χ1v) is 10.3. The summed E-state index contributed by atoms with van der Waals surface area (Å²) in [5.74, 6) is 0.763. The average Bonchev–Trinajstić information content (AvgIpc) is 3.21. The summed E-state index contributed by atoms with van der Waals surface area (Å²) in [4.78, 5) is 18.9. The van der Waals surface area contributed by atoms with Crippen LogP contribution in [0, 0.1) is 18.3 Å². The summed E-state index contributed by atoms with van der Waals surface area (Å²) in [6.07, 6.45) is 4.55. The number of aromatic nitrogens is 3. The normalized spacial score (nSPS) is 15.2. The molecule has 2 aromatic heterocycles. The first kappa shape index (κ1) is 20.4. The van der Waals surface area contributed by atoms with Crippen LogP contribution in [0.25, 0.3) is 0 Å². The molecule has 4 rings (SSSR count). The predicted molar refractivity (Wildman–Crippen MR) is 120 cm³/mol. The number of carbonyl (C=O) groups excluding carboxylic acids is 1. The lowest BCUT2D eigenvalue weighted by molar-refractivity contribution is -0.117. The first-order valence-electron chi connectivity index (χ1n) is 10.3. The fourth-order valence-corrected chi connectivity index (χ4v) is 3.89. The van der Waals surface area contributed by atoms with Crippen molar-refractivity contribution in [1.29, 1.82) is 5.26 Å². The van der Waals surface area contributed by atoms with Crippen molar-refractivity contribution in [3.8, 4) is 6.07 Å². The van der Waals surface area contributed by atoms with Gasteiger partial charge in [0.25, 0.3) is 0 Å². The molecular formula is C23H25N7O. The number of anilines is 3. The minimum atomic E-state index is -0.181. The van der Waals surface area contributed by atoms with Crippen LogP contribution in [0.15, 0.2) is 42.7 Å². The van der Waals surface area contributed by atoms with Crippen LogP contribution in [0.1, 0.15) is 35.7 Å². The van der Waals surface area contributed by atoms with E-state index in [2.05, 4.69) is 26.8 Å². The number of rotatable bonds is 6. The van der Waals surface area contributed by atoms with E-state index in [1.165, 1.54) is 0 Å². The van der Waals surface area contributed by atoms with E-state index < -0.39 is 0 Å². The van der Waals surface area contributed by atoms with Crippen LogP contribution in [0.4, 0.5) is 17.2 Å². The number of hydrogen-bond donors (Lipinski definition) is 2. The summed E-state index contributed by atoms with van der Waals surface area (Å²) in [7, 11) is 1.94. The Morgan fingerprint density at radius 3 is 2.90 bits per heavy atom. The van der Waals surface area contributed by atoms with E-state index in [0.717, 1.165) is 40.4 Å². The molecule has 158 valence electrons. The molecule has 0 aliphatic carbocycles. The van der Waals surface area contributed by atoms with Gasteiger partial charge in [-0.3, -0.25) is 9.48 Å². The molecule has 0 spiro atoms. The zero-order chi connectivity index (χ0) is 22.0. The average molecular weight is 416 g/mol. The van der Waals surface area contributed by atoms with Crippen molar-refractivity contribution < 1.29 is 4.79 Å². The van der Waals surface area contributed by atoms with Crippen molar-refractivity contribution in [2.75, 3.05) is 22.6 Å². The summed E-state index contributed by atoms with van der Waals surface area (Å²) in [5.41, 5.74) is 5.23. The first-order chi connectivity index (χ1) is 15.0. The van der Waals surface area contributed by atoms with Crippen molar-refractivity contribution in [3.05, 3.63) is 65.1 Å². The highest BCUT2D eigenvalue weighted by atomic mass is 16.2. The van der Waals surface area contributed by atoms with Gasteiger partial charge in [0, 0.05) is 31.4 Å². The van der Waals surface area contributed by atoms with E-state index in [1.807, 2.05) is 67.1 Å². The maximum Gasteiger partial charge on any atom is 0.247 e. The van der Waals surface area contributed by atoms with Crippen molar-refractivity contribution in [2.24, 2.45) is 0 Å². The van der Waals surface area contributed by atoms with Crippen molar-refractivity contribution in [1.82, 2.24) is 14.8 Å². The smallest absolute Gasteiger partial charge is 0.247 e. The molecule has 3 heterocycles. The summed E-state index contributed by atoms with van der Waals surface area (Å²) in [6, 6.07) is 11.5. The highest BCUT2D eigenvalue weighted by Crippen LogP contribution is 2.35. The molecule has 1 atom stereocenters. The molecule has 0 saturated heterocycles. The lowest BCUT2D eigenvalue weighted by Crippen LogP contribution is -2.45. The summed E-state index contributed by atoms with van der Waals surface area (Å²) < 4.78 is 1.86. The third-order valence-electron chi connectivity index (χ3n) is 5.53. The molecule has 0 radical (unpaired) electrons. The molecule has 1 amide bonds. The van der Waals surface area contributed by atoms with Crippen molar-refractivity contribution >= 4 is 23.1 Å². The third-order valence-corrected chi connectivity index (χ3v) is 5.53. The summed E-state index contributed by atoms with van der Waals surface area (Å²) in [5, 5.41) is 19.8. The Morgan fingerprint density at radius 1 is 1.29 bits per heavy atom. The zero-order valence-electron chi connectivity index (χ0n) is 17.9. The third kappa shape index (κ3) is 4.21.